The number of nitrogen functional groups attached to an aromatic ring is 1. The lowest BCUT2D eigenvalue weighted by Crippen LogP contribution is -2.01. The van der Waals surface area contributed by atoms with Crippen LogP contribution in [0.5, 0.6) is 0 Å². The molecule has 3 rings (SSSR count). The number of rotatable bonds is 2. The Morgan fingerprint density at radius 1 is 1.39 bits per heavy atom. The van der Waals surface area contributed by atoms with Gasteiger partial charge in [-0.05, 0) is 28.1 Å². The van der Waals surface area contributed by atoms with Gasteiger partial charge in [0.25, 0.3) is 0 Å². The number of aromatic nitrogens is 4. The Morgan fingerprint density at radius 2 is 2.28 bits per heavy atom. The van der Waals surface area contributed by atoms with Crippen LogP contribution >= 0.6 is 15.9 Å². The maximum Gasteiger partial charge on any atom is 0.135 e. The third-order valence-corrected chi connectivity index (χ3v) is 3.12. The predicted molar refractivity (Wildman–Crippen MR) is 71.8 cm³/mol. The SMILES string of the molecule is Nc1n[c]c(Br)c2nn(Cc3ccccn3)cc12. The van der Waals surface area contributed by atoms with Gasteiger partial charge in [0.1, 0.15) is 17.5 Å². The minimum absolute atomic E-state index is 0.431. The average Bonchev–Trinajstić information content (AvgIpc) is 2.80. The summed E-state index contributed by atoms with van der Waals surface area (Å²) in [6.07, 6.45) is 6.40. The molecule has 0 spiro atoms. The molecule has 89 valence electrons. The third-order valence-electron chi connectivity index (χ3n) is 2.57. The topological polar surface area (TPSA) is 69.6 Å². The molecule has 18 heavy (non-hydrogen) atoms. The molecule has 6 heteroatoms. The highest BCUT2D eigenvalue weighted by Crippen LogP contribution is 2.24. The van der Waals surface area contributed by atoms with E-state index >= 15 is 0 Å². The van der Waals surface area contributed by atoms with Crippen LogP contribution in [0, 0.1) is 6.20 Å². The van der Waals surface area contributed by atoms with E-state index in [1.807, 2.05) is 24.4 Å². The van der Waals surface area contributed by atoms with Crippen LogP contribution in [0.2, 0.25) is 0 Å². The van der Waals surface area contributed by atoms with Gasteiger partial charge in [-0.25, -0.2) is 4.98 Å². The monoisotopic (exact) mass is 302 g/mol. The number of pyridine rings is 2. The fourth-order valence-electron chi connectivity index (χ4n) is 1.73. The molecule has 1 radical (unpaired) electrons. The molecule has 5 nitrogen and oxygen atoms in total. The molecule has 0 saturated heterocycles. The Bertz CT molecular complexity index is 653. The van der Waals surface area contributed by atoms with E-state index in [-0.39, 0.29) is 0 Å². The summed E-state index contributed by atoms with van der Waals surface area (Å²) < 4.78 is 2.51. The minimum atomic E-state index is 0.431. The number of fused-ring (bicyclic) bond motifs is 1. The average molecular weight is 303 g/mol. The molecule has 0 saturated carbocycles. The first-order valence-corrected chi connectivity index (χ1v) is 6.13. The number of halogens is 1. The van der Waals surface area contributed by atoms with Crippen molar-refractivity contribution in [2.75, 3.05) is 5.73 Å². The van der Waals surface area contributed by atoms with E-state index in [0.717, 1.165) is 16.6 Å². The molecule has 0 unspecified atom stereocenters. The van der Waals surface area contributed by atoms with Crippen molar-refractivity contribution in [1.29, 1.82) is 0 Å². The number of hydrogen-bond acceptors (Lipinski definition) is 4. The number of anilines is 1. The zero-order valence-electron chi connectivity index (χ0n) is 9.34. The smallest absolute Gasteiger partial charge is 0.135 e. The van der Waals surface area contributed by atoms with Crippen molar-refractivity contribution in [2.45, 2.75) is 6.54 Å². The Hall–Kier alpha value is -1.95. The van der Waals surface area contributed by atoms with Crippen LogP contribution in [0.15, 0.2) is 35.1 Å². The molecular weight excluding hydrogens is 294 g/mol. The normalized spacial score (nSPS) is 10.9. The molecule has 0 bridgehead atoms. The fourth-order valence-corrected chi connectivity index (χ4v) is 2.11. The van der Waals surface area contributed by atoms with Gasteiger partial charge in [0, 0.05) is 12.4 Å². The highest BCUT2D eigenvalue weighted by Gasteiger charge is 2.09. The summed E-state index contributed by atoms with van der Waals surface area (Å²) in [4.78, 5) is 8.23. The second kappa shape index (κ2) is 4.38. The van der Waals surface area contributed by atoms with Gasteiger partial charge in [0.2, 0.25) is 0 Å². The van der Waals surface area contributed by atoms with Crippen molar-refractivity contribution in [3.05, 3.63) is 47.0 Å². The number of nitrogens with two attached hydrogens (primary N) is 1. The Kier molecular flexibility index (Phi) is 2.71. The molecule has 0 amide bonds. The standard InChI is InChI=1S/C12H9BrN5/c13-10-5-16-12(14)9-7-18(17-11(9)10)6-8-3-1-2-4-15-8/h1-4,7H,6H2,(H2,14,16). The zero-order chi connectivity index (χ0) is 12.5. The van der Waals surface area contributed by atoms with Crippen LogP contribution in [-0.2, 0) is 6.54 Å². The van der Waals surface area contributed by atoms with Gasteiger partial charge in [0.05, 0.1) is 22.1 Å². The van der Waals surface area contributed by atoms with Crippen molar-refractivity contribution in [3.8, 4) is 0 Å². The molecule has 0 atom stereocenters. The highest BCUT2D eigenvalue weighted by atomic mass is 79.9. The van der Waals surface area contributed by atoms with Crippen molar-refractivity contribution in [2.24, 2.45) is 0 Å². The summed E-state index contributed by atoms with van der Waals surface area (Å²) >= 11 is 3.36. The van der Waals surface area contributed by atoms with E-state index in [0.29, 0.717) is 16.8 Å². The maximum atomic E-state index is 5.80. The van der Waals surface area contributed by atoms with Gasteiger partial charge < -0.3 is 5.73 Å². The van der Waals surface area contributed by atoms with E-state index < -0.39 is 0 Å². The molecule has 0 aliphatic heterocycles. The third kappa shape index (κ3) is 1.95. The van der Waals surface area contributed by atoms with Gasteiger partial charge in [-0.15, -0.1) is 0 Å². The molecule has 3 heterocycles. The molecule has 2 N–H and O–H groups in total. The Balaban J connectivity index is 2.04. The maximum absolute atomic E-state index is 5.80. The summed E-state index contributed by atoms with van der Waals surface area (Å²) in [5.41, 5.74) is 7.50. The van der Waals surface area contributed by atoms with E-state index in [1.165, 1.54) is 0 Å². The van der Waals surface area contributed by atoms with Crippen LogP contribution < -0.4 is 5.73 Å². The number of nitrogens with zero attached hydrogens (tertiary/aromatic N) is 4. The first-order valence-electron chi connectivity index (χ1n) is 5.34. The number of hydrogen-bond donors (Lipinski definition) is 1. The lowest BCUT2D eigenvalue weighted by atomic mass is 10.3. The zero-order valence-corrected chi connectivity index (χ0v) is 10.9. The minimum Gasteiger partial charge on any atom is -0.383 e. The summed E-state index contributed by atoms with van der Waals surface area (Å²) in [6, 6.07) is 5.79. The Labute approximate surface area is 112 Å². The predicted octanol–water partition coefficient (Wildman–Crippen LogP) is 2.02. The lowest BCUT2D eigenvalue weighted by Gasteiger charge is -1.99. The van der Waals surface area contributed by atoms with Crippen LogP contribution in [0.3, 0.4) is 0 Å². The fraction of sp³-hybridized carbons (Fsp3) is 0.0833. The van der Waals surface area contributed by atoms with Crippen molar-refractivity contribution < 1.29 is 0 Å². The summed E-state index contributed by atoms with van der Waals surface area (Å²) in [7, 11) is 0. The summed E-state index contributed by atoms with van der Waals surface area (Å²) in [5, 5.41) is 5.26. The first kappa shape index (κ1) is 11.2. The van der Waals surface area contributed by atoms with E-state index in [2.05, 4.69) is 37.2 Å². The molecule has 0 aromatic carbocycles. The van der Waals surface area contributed by atoms with Gasteiger partial charge in [-0.3, -0.25) is 9.67 Å². The molecule has 3 aromatic heterocycles. The van der Waals surface area contributed by atoms with Gasteiger partial charge >= 0.3 is 0 Å². The quantitative estimate of drug-likeness (QED) is 0.786. The van der Waals surface area contributed by atoms with E-state index in [4.69, 9.17) is 5.73 Å². The summed E-state index contributed by atoms with van der Waals surface area (Å²) in [5.74, 6) is 0.431. The largest absolute Gasteiger partial charge is 0.383 e. The van der Waals surface area contributed by atoms with Gasteiger partial charge in [-0.2, -0.15) is 5.10 Å². The van der Waals surface area contributed by atoms with Gasteiger partial charge in [0.15, 0.2) is 0 Å². The molecule has 0 aliphatic carbocycles. The highest BCUT2D eigenvalue weighted by molar-refractivity contribution is 9.10. The molecular formula is C12H9BrN5. The second-order valence-electron chi connectivity index (χ2n) is 3.83. The van der Waals surface area contributed by atoms with Crippen LogP contribution in [0.4, 0.5) is 5.82 Å². The first-order chi connectivity index (χ1) is 8.74. The van der Waals surface area contributed by atoms with Crippen molar-refractivity contribution in [3.63, 3.8) is 0 Å². The molecule has 0 fully saturated rings. The van der Waals surface area contributed by atoms with E-state index in [9.17, 15) is 0 Å². The molecule has 3 aromatic rings. The van der Waals surface area contributed by atoms with Crippen LogP contribution in [0.25, 0.3) is 10.9 Å². The van der Waals surface area contributed by atoms with Crippen molar-refractivity contribution >= 4 is 32.7 Å². The van der Waals surface area contributed by atoms with Gasteiger partial charge in [-0.1, -0.05) is 6.07 Å². The summed E-state index contributed by atoms with van der Waals surface area (Å²) in [6.45, 7) is 0.599. The Morgan fingerprint density at radius 3 is 3.00 bits per heavy atom. The van der Waals surface area contributed by atoms with Crippen molar-refractivity contribution in [1.82, 2.24) is 19.7 Å². The van der Waals surface area contributed by atoms with Crippen LogP contribution in [0.1, 0.15) is 5.69 Å². The second-order valence-corrected chi connectivity index (χ2v) is 4.63. The molecule has 0 aliphatic rings. The van der Waals surface area contributed by atoms with Crippen LogP contribution in [-0.4, -0.2) is 19.7 Å². The van der Waals surface area contributed by atoms with E-state index in [1.54, 1.807) is 10.9 Å². The lowest BCUT2D eigenvalue weighted by molar-refractivity contribution is 0.680.